The zero-order valence-electron chi connectivity index (χ0n) is 11.0. The molecule has 1 heterocycles. The Bertz CT molecular complexity index is 490. The molecular formula is C13H17N3O3S. The van der Waals surface area contributed by atoms with Crippen molar-refractivity contribution in [3.8, 4) is 0 Å². The SMILES string of the molecule is O=CNc1ccc(NCC2CCSCC2)c([N+](=O)[O-])c1. The molecule has 0 atom stereocenters. The smallest absolute Gasteiger partial charge is 0.294 e. The van der Waals surface area contributed by atoms with Crippen molar-refractivity contribution in [2.75, 3.05) is 28.7 Å². The highest BCUT2D eigenvalue weighted by Crippen LogP contribution is 2.29. The molecule has 1 aromatic carbocycles. The molecule has 1 amide bonds. The largest absolute Gasteiger partial charge is 0.379 e. The molecule has 0 aromatic heterocycles. The summed E-state index contributed by atoms with van der Waals surface area (Å²) >= 11 is 1.96. The fraction of sp³-hybridized carbons (Fsp3) is 0.462. The van der Waals surface area contributed by atoms with Crippen LogP contribution in [0.2, 0.25) is 0 Å². The van der Waals surface area contributed by atoms with Crippen molar-refractivity contribution in [1.82, 2.24) is 0 Å². The number of rotatable bonds is 6. The molecule has 6 nitrogen and oxygen atoms in total. The lowest BCUT2D eigenvalue weighted by Gasteiger charge is -2.22. The Labute approximate surface area is 121 Å². The number of nitrogens with one attached hydrogen (secondary N) is 2. The quantitative estimate of drug-likeness (QED) is 0.479. The van der Waals surface area contributed by atoms with Gasteiger partial charge in [-0.15, -0.1) is 0 Å². The lowest BCUT2D eigenvalue weighted by Crippen LogP contribution is -2.19. The minimum absolute atomic E-state index is 0.0120. The van der Waals surface area contributed by atoms with Gasteiger partial charge in [-0.1, -0.05) is 0 Å². The van der Waals surface area contributed by atoms with Crippen LogP contribution in [0.1, 0.15) is 12.8 Å². The maximum Gasteiger partial charge on any atom is 0.294 e. The molecule has 0 unspecified atom stereocenters. The molecule has 1 aliphatic heterocycles. The highest BCUT2D eigenvalue weighted by Gasteiger charge is 2.17. The van der Waals surface area contributed by atoms with Crippen LogP contribution in [0.5, 0.6) is 0 Å². The summed E-state index contributed by atoms with van der Waals surface area (Å²) in [5.74, 6) is 2.90. The molecule has 1 fully saturated rings. The third-order valence-electron chi connectivity index (χ3n) is 3.34. The molecule has 2 N–H and O–H groups in total. The third kappa shape index (κ3) is 3.86. The van der Waals surface area contributed by atoms with Gasteiger partial charge in [0.05, 0.1) is 4.92 Å². The maximum absolute atomic E-state index is 11.1. The molecule has 0 saturated carbocycles. The normalized spacial score (nSPS) is 15.6. The van der Waals surface area contributed by atoms with Gasteiger partial charge in [-0.2, -0.15) is 11.8 Å². The van der Waals surface area contributed by atoms with Crippen molar-refractivity contribution in [1.29, 1.82) is 0 Å². The van der Waals surface area contributed by atoms with Crippen molar-refractivity contribution in [3.05, 3.63) is 28.3 Å². The van der Waals surface area contributed by atoms with Gasteiger partial charge in [-0.25, -0.2) is 0 Å². The number of anilines is 2. The van der Waals surface area contributed by atoms with E-state index in [0.29, 0.717) is 23.7 Å². The molecule has 0 spiro atoms. The number of nitrogens with zero attached hydrogens (tertiary/aromatic N) is 1. The van der Waals surface area contributed by atoms with Crippen LogP contribution in [0.25, 0.3) is 0 Å². The van der Waals surface area contributed by atoms with Crippen LogP contribution in [0.3, 0.4) is 0 Å². The molecule has 1 aliphatic rings. The number of nitro benzene ring substituents is 1. The first-order chi connectivity index (χ1) is 9.70. The van der Waals surface area contributed by atoms with Gasteiger partial charge >= 0.3 is 0 Å². The first-order valence-electron chi connectivity index (χ1n) is 6.51. The van der Waals surface area contributed by atoms with Gasteiger partial charge in [0.25, 0.3) is 5.69 Å². The summed E-state index contributed by atoms with van der Waals surface area (Å²) in [7, 11) is 0. The molecule has 2 rings (SSSR count). The van der Waals surface area contributed by atoms with E-state index in [9.17, 15) is 14.9 Å². The molecule has 7 heteroatoms. The molecule has 0 radical (unpaired) electrons. The number of amides is 1. The van der Waals surface area contributed by atoms with E-state index in [4.69, 9.17) is 0 Å². The second-order valence-electron chi connectivity index (χ2n) is 4.69. The fourth-order valence-corrected chi connectivity index (χ4v) is 3.40. The zero-order chi connectivity index (χ0) is 14.4. The zero-order valence-corrected chi connectivity index (χ0v) is 11.8. The molecule has 0 bridgehead atoms. The Kier molecular flexibility index (Phi) is 5.23. The van der Waals surface area contributed by atoms with Gasteiger partial charge in [0.2, 0.25) is 6.41 Å². The minimum atomic E-state index is -0.435. The second-order valence-corrected chi connectivity index (χ2v) is 5.91. The molecule has 0 aliphatic carbocycles. The Morgan fingerprint density at radius 3 is 2.80 bits per heavy atom. The van der Waals surface area contributed by atoms with Gasteiger partial charge in [0.1, 0.15) is 5.69 Å². The van der Waals surface area contributed by atoms with Crippen molar-refractivity contribution in [2.24, 2.45) is 5.92 Å². The predicted octanol–water partition coefficient (Wildman–Crippen LogP) is 2.72. The van der Waals surface area contributed by atoms with E-state index in [2.05, 4.69) is 10.6 Å². The fourth-order valence-electron chi connectivity index (χ4n) is 2.19. The first kappa shape index (κ1) is 14.6. The van der Waals surface area contributed by atoms with E-state index < -0.39 is 4.92 Å². The van der Waals surface area contributed by atoms with Crippen LogP contribution in [-0.2, 0) is 4.79 Å². The van der Waals surface area contributed by atoms with E-state index in [1.54, 1.807) is 12.1 Å². The number of carbonyl (C=O) groups is 1. The summed E-state index contributed by atoms with van der Waals surface area (Å²) < 4.78 is 0. The second kappa shape index (κ2) is 7.14. The minimum Gasteiger partial charge on any atom is -0.379 e. The molecule has 20 heavy (non-hydrogen) atoms. The number of thioether (sulfide) groups is 1. The molecular weight excluding hydrogens is 278 g/mol. The summed E-state index contributed by atoms with van der Waals surface area (Å²) in [5.41, 5.74) is 0.915. The van der Waals surface area contributed by atoms with Gasteiger partial charge in [-0.3, -0.25) is 14.9 Å². The van der Waals surface area contributed by atoms with Crippen molar-refractivity contribution < 1.29 is 9.72 Å². The number of benzene rings is 1. The van der Waals surface area contributed by atoms with E-state index in [1.807, 2.05) is 11.8 Å². The summed E-state index contributed by atoms with van der Waals surface area (Å²) in [6, 6.07) is 4.66. The summed E-state index contributed by atoms with van der Waals surface area (Å²) in [5, 5.41) is 16.7. The Morgan fingerprint density at radius 2 is 2.15 bits per heavy atom. The lowest BCUT2D eigenvalue weighted by atomic mass is 10.0. The van der Waals surface area contributed by atoms with Crippen molar-refractivity contribution >= 4 is 35.2 Å². The monoisotopic (exact) mass is 295 g/mol. The van der Waals surface area contributed by atoms with Crippen LogP contribution in [0, 0.1) is 16.0 Å². The standard InChI is InChI=1S/C13H17N3O3S/c17-9-15-11-1-2-12(13(7-11)16(18)19)14-8-10-3-5-20-6-4-10/h1-2,7,9-10,14H,3-6,8H2,(H,15,17). The van der Waals surface area contributed by atoms with Gasteiger partial charge in [-0.05, 0) is 42.4 Å². The Morgan fingerprint density at radius 1 is 1.40 bits per heavy atom. The van der Waals surface area contributed by atoms with Gasteiger partial charge < -0.3 is 10.6 Å². The van der Waals surface area contributed by atoms with Crippen LogP contribution in [0.15, 0.2) is 18.2 Å². The average molecular weight is 295 g/mol. The number of hydrogen-bond acceptors (Lipinski definition) is 5. The maximum atomic E-state index is 11.1. The number of hydrogen-bond donors (Lipinski definition) is 2. The van der Waals surface area contributed by atoms with Crippen LogP contribution in [-0.4, -0.2) is 29.4 Å². The number of nitro groups is 1. The highest BCUT2D eigenvalue weighted by atomic mass is 32.2. The Hall–Kier alpha value is -1.76. The van der Waals surface area contributed by atoms with E-state index >= 15 is 0 Å². The number of carbonyl (C=O) groups excluding carboxylic acids is 1. The van der Waals surface area contributed by atoms with Gasteiger partial charge in [0.15, 0.2) is 0 Å². The summed E-state index contributed by atoms with van der Waals surface area (Å²) in [6.07, 6.45) is 2.80. The topological polar surface area (TPSA) is 84.3 Å². The van der Waals surface area contributed by atoms with E-state index in [0.717, 1.165) is 30.9 Å². The molecule has 1 saturated heterocycles. The van der Waals surface area contributed by atoms with Crippen molar-refractivity contribution in [2.45, 2.75) is 12.8 Å². The third-order valence-corrected chi connectivity index (χ3v) is 4.39. The summed E-state index contributed by atoms with van der Waals surface area (Å²) in [6.45, 7) is 0.752. The van der Waals surface area contributed by atoms with Gasteiger partial charge in [0, 0.05) is 18.3 Å². The van der Waals surface area contributed by atoms with E-state index in [1.165, 1.54) is 6.07 Å². The lowest BCUT2D eigenvalue weighted by molar-refractivity contribution is -0.383. The van der Waals surface area contributed by atoms with Crippen LogP contribution >= 0.6 is 11.8 Å². The molecule has 1 aromatic rings. The highest BCUT2D eigenvalue weighted by molar-refractivity contribution is 7.99. The first-order valence-corrected chi connectivity index (χ1v) is 7.66. The average Bonchev–Trinajstić information content (AvgIpc) is 2.47. The van der Waals surface area contributed by atoms with E-state index in [-0.39, 0.29) is 5.69 Å². The predicted molar refractivity (Wildman–Crippen MR) is 81.3 cm³/mol. The van der Waals surface area contributed by atoms with Crippen molar-refractivity contribution in [3.63, 3.8) is 0 Å². The summed E-state index contributed by atoms with van der Waals surface area (Å²) in [4.78, 5) is 21.0. The van der Waals surface area contributed by atoms with Crippen LogP contribution in [0.4, 0.5) is 17.1 Å². The Balaban J connectivity index is 2.05. The van der Waals surface area contributed by atoms with Crippen LogP contribution < -0.4 is 10.6 Å². The molecule has 108 valence electrons.